The largest absolute Gasteiger partial charge is 0.496 e. The van der Waals surface area contributed by atoms with Crippen molar-refractivity contribution in [3.63, 3.8) is 0 Å². The quantitative estimate of drug-likeness (QED) is 0.534. The second-order valence-electron chi connectivity index (χ2n) is 7.11. The molecule has 10 nitrogen and oxygen atoms in total. The van der Waals surface area contributed by atoms with E-state index in [9.17, 15) is 18.0 Å². The summed E-state index contributed by atoms with van der Waals surface area (Å²) in [5.74, 6) is 0.213. The number of amides is 3. The van der Waals surface area contributed by atoms with Crippen LogP contribution in [0.3, 0.4) is 0 Å². The molecule has 1 atom stereocenters. The third kappa shape index (κ3) is 5.42. The van der Waals surface area contributed by atoms with Crippen molar-refractivity contribution in [2.75, 3.05) is 34.4 Å². The van der Waals surface area contributed by atoms with Gasteiger partial charge in [-0.25, -0.2) is 17.9 Å². The number of methoxy groups -OCH3 is 2. The first-order valence-corrected chi connectivity index (χ1v) is 11.8. The molecule has 2 aromatic rings. The summed E-state index contributed by atoms with van der Waals surface area (Å²) in [4.78, 5) is 24.2. The van der Waals surface area contributed by atoms with Crippen molar-refractivity contribution >= 4 is 33.6 Å². The smallest absolute Gasteiger partial charge is 0.328 e. The number of fused-ring (bicyclic) bond motifs is 1. The van der Waals surface area contributed by atoms with Crippen molar-refractivity contribution in [1.82, 2.24) is 15.4 Å². The maximum Gasteiger partial charge on any atom is 0.328 e. The van der Waals surface area contributed by atoms with Gasteiger partial charge in [0, 0.05) is 36.2 Å². The van der Waals surface area contributed by atoms with Crippen LogP contribution in [0.15, 0.2) is 35.2 Å². The number of nitrogens with one attached hydrogen (secondary N) is 3. The van der Waals surface area contributed by atoms with Crippen LogP contribution in [0.25, 0.3) is 0 Å². The van der Waals surface area contributed by atoms with Crippen LogP contribution in [-0.4, -0.2) is 54.8 Å². The number of halogens is 1. The fourth-order valence-electron chi connectivity index (χ4n) is 3.45. The van der Waals surface area contributed by atoms with Crippen molar-refractivity contribution < 1.29 is 32.2 Å². The minimum atomic E-state index is -4.22. The Bertz CT molecular complexity index is 1170. The number of sulfonamides is 1. The summed E-state index contributed by atoms with van der Waals surface area (Å²) in [6.45, 7) is 0.583. The molecule has 0 saturated carbocycles. The highest BCUT2D eigenvalue weighted by molar-refractivity contribution is 7.90. The number of carbonyl (C=O) groups excluding carboxylic acids is 2. The molecule has 2 aromatic carbocycles. The highest BCUT2D eigenvalue weighted by Crippen LogP contribution is 2.40. The van der Waals surface area contributed by atoms with Gasteiger partial charge in [-0.15, -0.1) is 0 Å². The molecular weight excluding hydrogens is 474 g/mol. The lowest BCUT2D eigenvalue weighted by Gasteiger charge is -2.27. The third-order valence-electron chi connectivity index (χ3n) is 5.12. The lowest BCUT2D eigenvalue weighted by molar-refractivity contribution is 0.0945. The highest BCUT2D eigenvalue weighted by atomic mass is 35.5. The predicted molar refractivity (Wildman–Crippen MR) is 121 cm³/mol. The van der Waals surface area contributed by atoms with Crippen molar-refractivity contribution in [2.24, 2.45) is 0 Å². The molecule has 0 aliphatic carbocycles. The van der Waals surface area contributed by atoms with E-state index >= 15 is 0 Å². The normalized spacial score (nSPS) is 15.0. The minimum absolute atomic E-state index is 0.0264. The average molecular weight is 498 g/mol. The molecule has 0 radical (unpaired) electrons. The summed E-state index contributed by atoms with van der Waals surface area (Å²) in [6.07, 6.45) is 0.536. The number of rotatable bonds is 7. The molecule has 3 amide bonds. The molecule has 0 unspecified atom stereocenters. The number of carbonyl (C=O) groups is 2. The zero-order valence-electron chi connectivity index (χ0n) is 18.2. The molecule has 0 aromatic heterocycles. The summed E-state index contributed by atoms with van der Waals surface area (Å²) in [5.41, 5.74) is 0.850. The van der Waals surface area contributed by atoms with Crippen LogP contribution in [0.1, 0.15) is 28.3 Å². The highest BCUT2D eigenvalue weighted by Gasteiger charge is 2.29. The Morgan fingerprint density at radius 1 is 1.15 bits per heavy atom. The number of urea groups is 1. The molecule has 3 N–H and O–H groups in total. The summed E-state index contributed by atoms with van der Waals surface area (Å²) in [6, 6.07) is 6.70. The van der Waals surface area contributed by atoms with Crippen molar-refractivity contribution in [3.8, 4) is 17.2 Å². The number of hydrogen-bond acceptors (Lipinski definition) is 7. The predicted octanol–water partition coefficient (Wildman–Crippen LogP) is 2.27. The van der Waals surface area contributed by atoms with Gasteiger partial charge in [-0.2, -0.15) is 0 Å². The van der Waals surface area contributed by atoms with Crippen molar-refractivity contribution in [2.45, 2.75) is 17.2 Å². The Morgan fingerprint density at radius 3 is 2.55 bits per heavy atom. The van der Waals surface area contributed by atoms with Gasteiger partial charge in [0.15, 0.2) is 0 Å². The van der Waals surface area contributed by atoms with Gasteiger partial charge < -0.3 is 24.8 Å². The first kappa shape index (κ1) is 24.5. The van der Waals surface area contributed by atoms with Gasteiger partial charge in [0.2, 0.25) is 0 Å². The molecular formula is C21H24ClN3O7S. The molecule has 12 heteroatoms. The molecule has 0 saturated heterocycles. The van der Waals surface area contributed by atoms with E-state index in [4.69, 9.17) is 25.8 Å². The van der Waals surface area contributed by atoms with E-state index in [1.807, 2.05) is 4.72 Å². The summed E-state index contributed by atoms with van der Waals surface area (Å²) < 4.78 is 43.5. The van der Waals surface area contributed by atoms with Gasteiger partial charge in [-0.3, -0.25) is 4.79 Å². The van der Waals surface area contributed by atoms with E-state index in [-0.39, 0.29) is 34.6 Å². The van der Waals surface area contributed by atoms with Crippen LogP contribution in [0.5, 0.6) is 17.2 Å². The maximum atomic E-state index is 12.8. The lowest BCUT2D eigenvalue weighted by atomic mass is 9.92. The second-order valence-corrected chi connectivity index (χ2v) is 9.20. The van der Waals surface area contributed by atoms with Gasteiger partial charge in [-0.05, 0) is 30.7 Å². The van der Waals surface area contributed by atoms with Crippen LogP contribution in [0.2, 0.25) is 5.02 Å². The van der Waals surface area contributed by atoms with E-state index in [1.54, 1.807) is 12.1 Å². The fourth-order valence-corrected chi connectivity index (χ4v) is 4.76. The van der Waals surface area contributed by atoms with E-state index in [1.165, 1.54) is 39.5 Å². The molecule has 1 aliphatic heterocycles. The standard InChI is InChI=1S/C21H24ClN3O7S/c1-23-21(27)25-33(28,29)19-9-14-12(6-7-32-17(14)10-18(19)31-3)11-24-20(26)15-8-13(22)4-5-16(15)30-2/h4-5,8-10,12H,6-7,11H2,1-3H3,(H,24,26)(H2,23,25,27)/t12-/m1/s1. The topological polar surface area (TPSA) is 132 Å². The number of hydrogen-bond donors (Lipinski definition) is 3. The summed E-state index contributed by atoms with van der Waals surface area (Å²) in [5, 5.41) is 5.44. The maximum absolute atomic E-state index is 12.8. The second kappa shape index (κ2) is 10.2. The van der Waals surface area contributed by atoms with Gasteiger partial charge >= 0.3 is 6.03 Å². The Labute approximate surface area is 196 Å². The van der Waals surface area contributed by atoms with Gasteiger partial charge in [0.05, 0.1) is 26.4 Å². The monoisotopic (exact) mass is 497 g/mol. The number of ether oxygens (including phenoxy) is 3. The Hall–Kier alpha value is -3.18. The molecule has 33 heavy (non-hydrogen) atoms. The average Bonchev–Trinajstić information content (AvgIpc) is 2.81. The van der Waals surface area contributed by atoms with Gasteiger partial charge in [0.1, 0.15) is 22.1 Å². The minimum Gasteiger partial charge on any atom is -0.496 e. The fraction of sp³-hybridized carbons (Fsp3) is 0.333. The molecule has 1 aliphatic rings. The first-order valence-electron chi connectivity index (χ1n) is 9.91. The van der Waals surface area contributed by atoms with E-state index in [0.717, 1.165) is 0 Å². The molecule has 0 bridgehead atoms. The molecule has 3 rings (SSSR count). The zero-order chi connectivity index (χ0) is 24.2. The first-order chi connectivity index (χ1) is 15.7. The van der Waals surface area contributed by atoms with Gasteiger partial charge in [0.25, 0.3) is 15.9 Å². The van der Waals surface area contributed by atoms with E-state index in [2.05, 4.69) is 10.6 Å². The number of benzene rings is 2. The Balaban J connectivity index is 1.89. The lowest BCUT2D eigenvalue weighted by Crippen LogP contribution is -2.37. The molecule has 1 heterocycles. The Kier molecular flexibility index (Phi) is 7.54. The van der Waals surface area contributed by atoms with E-state index < -0.39 is 16.1 Å². The van der Waals surface area contributed by atoms with Crippen LogP contribution < -0.4 is 29.6 Å². The molecule has 0 fully saturated rings. The summed E-state index contributed by atoms with van der Waals surface area (Å²) in [7, 11) is -0.144. The Morgan fingerprint density at radius 2 is 1.88 bits per heavy atom. The van der Waals surface area contributed by atoms with Gasteiger partial charge in [-0.1, -0.05) is 11.6 Å². The molecule has 0 spiro atoms. The van der Waals surface area contributed by atoms with Crippen LogP contribution in [0.4, 0.5) is 4.79 Å². The SMILES string of the molecule is CNC(=O)NS(=O)(=O)c1cc2c(cc1OC)OCC[C@@H]2CNC(=O)c1cc(Cl)ccc1OC. The molecule has 178 valence electrons. The van der Waals surface area contributed by atoms with E-state index in [0.29, 0.717) is 35.1 Å². The van der Waals surface area contributed by atoms with Crippen LogP contribution >= 0.6 is 11.6 Å². The van der Waals surface area contributed by atoms with Crippen LogP contribution in [0, 0.1) is 0 Å². The zero-order valence-corrected chi connectivity index (χ0v) is 19.8. The third-order valence-corrected chi connectivity index (χ3v) is 6.71. The van der Waals surface area contributed by atoms with Crippen molar-refractivity contribution in [3.05, 3.63) is 46.5 Å². The van der Waals surface area contributed by atoms with Crippen LogP contribution in [-0.2, 0) is 10.0 Å². The summed E-state index contributed by atoms with van der Waals surface area (Å²) >= 11 is 6.01. The van der Waals surface area contributed by atoms with Crippen molar-refractivity contribution in [1.29, 1.82) is 0 Å².